The fourth-order valence-electron chi connectivity index (χ4n) is 2.73. The zero-order valence-corrected chi connectivity index (χ0v) is 18.9. The minimum atomic E-state index is -0.778. The summed E-state index contributed by atoms with van der Waals surface area (Å²) in [5.41, 5.74) is 8.75. The highest BCUT2D eigenvalue weighted by molar-refractivity contribution is 6.34. The molecule has 0 bridgehead atoms. The quantitative estimate of drug-likeness (QED) is 0.462. The zero-order chi connectivity index (χ0) is 23.3. The molecule has 1 aromatic heterocycles. The Morgan fingerprint density at radius 3 is 2.50 bits per heavy atom. The summed E-state index contributed by atoms with van der Waals surface area (Å²) in [5, 5.41) is 2.81. The van der Waals surface area contributed by atoms with Crippen molar-refractivity contribution >= 4 is 35.1 Å². The van der Waals surface area contributed by atoms with E-state index >= 15 is 0 Å². The van der Waals surface area contributed by atoms with Crippen molar-refractivity contribution in [1.82, 2.24) is 15.4 Å². The van der Waals surface area contributed by atoms with Crippen LogP contribution in [0.1, 0.15) is 34.1 Å². The monoisotopic (exact) mass is 453 g/mol. The lowest BCUT2D eigenvalue weighted by Crippen LogP contribution is -2.40. The van der Waals surface area contributed by atoms with Gasteiger partial charge in [-0.05, 0) is 57.0 Å². The number of aromatic nitrogens is 2. The molecule has 1 atom stereocenters. The smallest absolute Gasteiger partial charge is 0.279 e. The molecule has 32 heavy (non-hydrogen) atoms. The Kier molecular flexibility index (Phi) is 7.27. The second-order valence-corrected chi connectivity index (χ2v) is 7.69. The van der Waals surface area contributed by atoms with Gasteiger partial charge in [-0.3, -0.25) is 20.4 Å². The molecule has 0 aliphatic heterocycles. The first-order chi connectivity index (χ1) is 15.2. The Morgan fingerprint density at radius 2 is 1.78 bits per heavy atom. The molecule has 3 aromatic rings. The lowest BCUT2D eigenvalue weighted by atomic mass is 10.1. The van der Waals surface area contributed by atoms with Crippen LogP contribution in [0, 0.1) is 20.8 Å². The van der Waals surface area contributed by atoms with E-state index < -0.39 is 17.9 Å². The summed E-state index contributed by atoms with van der Waals surface area (Å²) in [6.45, 7) is 7.48. The molecule has 1 heterocycles. The highest BCUT2D eigenvalue weighted by Gasteiger charge is 2.18. The molecule has 0 aliphatic rings. The van der Waals surface area contributed by atoms with Crippen LogP contribution < -0.4 is 20.9 Å². The molecule has 8 nitrogen and oxygen atoms in total. The Bertz CT molecular complexity index is 1130. The molecule has 0 saturated carbocycles. The predicted octanol–water partition coefficient (Wildman–Crippen LogP) is 4.22. The van der Waals surface area contributed by atoms with Gasteiger partial charge in [0.05, 0.1) is 11.2 Å². The average Bonchev–Trinajstić information content (AvgIpc) is 2.77. The maximum Gasteiger partial charge on any atom is 0.279 e. The van der Waals surface area contributed by atoms with Crippen LogP contribution in [0.15, 0.2) is 48.7 Å². The van der Waals surface area contributed by atoms with Gasteiger partial charge >= 0.3 is 0 Å². The minimum Gasteiger partial charge on any atom is -0.481 e. The van der Waals surface area contributed by atoms with Crippen LogP contribution in [0.4, 0.5) is 11.6 Å². The fourth-order valence-corrected chi connectivity index (χ4v) is 2.91. The summed E-state index contributed by atoms with van der Waals surface area (Å²) >= 11 is 6.09. The van der Waals surface area contributed by atoms with Gasteiger partial charge in [-0.25, -0.2) is 9.97 Å². The maximum atomic E-state index is 12.6. The molecule has 3 rings (SSSR count). The molecule has 166 valence electrons. The number of hydrazine groups is 1. The van der Waals surface area contributed by atoms with Gasteiger partial charge in [0.2, 0.25) is 5.95 Å². The summed E-state index contributed by atoms with van der Waals surface area (Å²) in [7, 11) is 0. The van der Waals surface area contributed by atoms with Crippen molar-refractivity contribution in [2.24, 2.45) is 0 Å². The summed E-state index contributed by atoms with van der Waals surface area (Å²) in [6, 6.07) is 12.9. The van der Waals surface area contributed by atoms with Gasteiger partial charge in [-0.1, -0.05) is 41.4 Å². The topological polar surface area (TPSA) is 105 Å². The fraction of sp³-hybridized carbons (Fsp3) is 0.217. The average molecular weight is 454 g/mol. The van der Waals surface area contributed by atoms with Gasteiger partial charge in [0, 0.05) is 5.69 Å². The first-order valence-electron chi connectivity index (χ1n) is 9.94. The number of benzene rings is 2. The van der Waals surface area contributed by atoms with Gasteiger partial charge in [0.15, 0.2) is 11.8 Å². The Morgan fingerprint density at radius 1 is 1.06 bits per heavy atom. The number of aryl methyl sites for hydroxylation is 2. The van der Waals surface area contributed by atoms with Crippen molar-refractivity contribution < 1.29 is 14.3 Å². The molecular weight excluding hydrogens is 430 g/mol. The molecular formula is C23H24ClN5O3. The molecule has 0 aliphatic carbocycles. The molecule has 3 N–H and O–H groups in total. The third-order valence-electron chi connectivity index (χ3n) is 4.79. The normalized spacial score (nSPS) is 11.4. The molecule has 2 amide bonds. The SMILES string of the molecule is Cc1ccc(NC(=O)c2nc(NNC(=O)[C@@H](C)Oc3cccc(C)c3C)ncc2Cl)cc1. The van der Waals surface area contributed by atoms with E-state index in [0.29, 0.717) is 11.4 Å². The van der Waals surface area contributed by atoms with Crippen molar-refractivity contribution in [3.05, 3.63) is 76.1 Å². The molecule has 0 radical (unpaired) electrons. The third-order valence-corrected chi connectivity index (χ3v) is 5.07. The number of ether oxygens (including phenoxy) is 1. The van der Waals surface area contributed by atoms with E-state index in [1.165, 1.54) is 6.20 Å². The van der Waals surface area contributed by atoms with Crippen molar-refractivity contribution in [1.29, 1.82) is 0 Å². The highest BCUT2D eigenvalue weighted by Crippen LogP contribution is 2.22. The van der Waals surface area contributed by atoms with Gasteiger partial charge in [-0.2, -0.15) is 0 Å². The molecule has 2 aromatic carbocycles. The van der Waals surface area contributed by atoms with E-state index in [1.807, 2.05) is 45.0 Å². The minimum absolute atomic E-state index is 0.00995. The number of anilines is 2. The van der Waals surface area contributed by atoms with Crippen LogP contribution in [0.25, 0.3) is 0 Å². The Balaban J connectivity index is 1.62. The number of carbonyl (C=O) groups excluding carboxylic acids is 2. The van der Waals surface area contributed by atoms with Crippen LogP contribution in [0.2, 0.25) is 5.02 Å². The van der Waals surface area contributed by atoms with E-state index in [0.717, 1.165) is 16.7 Å². The number of halogens is 1. The van der Waals surface area contributed by atoms with Crippen LogP contribution in [0.3, 0.4) is 0 Å². The van der Waals surface area contributed by atoms with Crippen LogP contribution >= 0.6 is 11.6 Å². The van der Waals surface area contributed by atoms with Gasteiger partial charge in [-0.15, -0.1) is 0 Å². The van der Waals surface area contributed by atoms with E-state index in [1.54, 1.807) is 25.1 Å². The summed E-state index contributed by atoms with van der Waals surface area (Å²) in [5.74, 6) is -0.293. The van der Waals surface area contributed by atoms with Crippen LogP contribution in [0.5, 0.6) is 5.75 Å². The lowest BCUT2D eigenvalue weighted by Gasteiger charge is -2.17. The van der Waals surface area contributed by atoms with E-state index in [-0.39, 0.29) is 16.7 Å². The number of hydrogen-bond donors (Lipinski definition) is 3. The second kappa shape index (κ2) is 10.1. The van der Waals surface area contributed by atoms with E-state index in [9.17, 15) is 9.59 Å². The summed E-state index contributed by atoms with van der Waals surface area (Å²) in [4.78, 5) is 33.1. The third kappa shape index (κ3) is 5.73. The number of carbonyl (C=O) groups is 2. The zero-order valence-electron chi connectivity index (χ0n) is 18.2. The molecule has 0 saturated heterocycles. The van der Waals surface area contributed by atoms with E-state index in [2.05, 4.69) is 26.1 Å². The van der Waals surface area contributed by atoms with Gasteiger partial charge in [0.25, 0.3) is 11.8 Å². The standard InChI is InChI=1S/C23H24ClN5O3/c1-13-8-10-17(11-9-13)26-22(31)20-18(24)12-25-23(27-20)29-28-21(30)16(4)32-19-7-5-6-14(2)15(19)3/h5-12,16H,1-4H3,(H,26,31)(H,28,30)(H,25,27,29)/t16-/m1/s1. The number of nitrogens with one attached hydrogen (secondary N) is 3. The van der Waals surface area contributed by atoms with E-state index in [4.69, 9.17) is 16.3 Å². The van der Waals surface area contributed by atoms with Crippen LogP contribution in [-0.4, -0.2) is 27.9 Å². The van der Waals surface area contributed by atoms with Crippen molar-refractivity contribution in [2.45, 2.75) is 33.8 Å². The number of rotatable bonds is 7. The maximum absolute atomic E-state index is 12.6. The number of hydrogen-bond acceptors (Lipinski definition) is 6. The number of nitrogens with zero attached hydrogens (tertiary/aromatic N) is 2. The Labute approximate surface area is 191 Å². The van der Waals surface area contributed by atoms with Crippen molar-refractivity contribution in [3.63, 3.8) is 0 Å². The van der Waals surface area contributed by atoms with Gasteiger partial charge in [0.1, 0.15) is 5.75 Å². The van der Waals surface area contributed by atoms with Gasteiger partial charge < -0.3 is 10.1 Å². The lowest BCUT2D eigenvalue weighted by molar-refractivity contribution is -0.126. The summed E-state index contributed by atoms with van der Waals surface area (Å²) < 4.78 is 5.75. The van der Waals surface area contributed by atoms with Crippen molar-refractivity contribution in [3.8, 4) is 5.75 Å². The number of amides is 2. The largest absolute Gasteiger partial charge is 0.481 e. The molecule has 0 spiro atoms. The van der Waals surface area contributed by atoms with Crippen LogP contribution in [-0.2, 0) is 4.79 Å². The molecule has 0 unspecified atom stereocenters. The predicted molar refractivity (Wildman–Crippen MR) is 124 cm³/mol. The Hall–Kier alpha value is -3.65. The second-order valence-electron chi connectivity index (χ2n) is 7.28. The highest BCUT2D eigenvalue weighted by atomic mass is 35.5. The summed E-state index contributed by atoms with van der Waals surface area (Å²) in [6.07, 6.45) is 0.503. The van der Waals surface area contributed by atoms with Crippen molar-refractivity contribution in [2.75, 3.05) is 10.7 Å². The molecule has 0 fully saturated rings. The first kappa shape index (κ1) is 23.0. The molecule has 9 heteroatoms. The first-order valence-corrected chi connectivity index (χ1v) is 10.3.